The third-order valence-electron chi connectivity index (χ3n) is 1.89. The Bertz CT molecular complexity index is 514. The summed E-state index contributed by atoms with van der Waals surface area (Å²) in [5, 5.41) is 14.8. The van der Waals surface area contributed by atoms with Crippen molar-refractivity contribution in [3.63, 3.8) is 0 Å². The average molecular weight is 255 g/mol. The number of anilines is 2. The SMILES string of the molecule is O=C(O)c1ccc(Cl)cc1Nc1nccs1. The molecule has 0 fully saturated rings. The molecular weight excluding hydrogens is 248 g/mol. The number of halogens is 1. The summed E-state index contributed by atoms with van der Waals surface area (Å²) in [5.74, 6) is -1.00. The molecule has 1 aromatic carbocycles. The van der Waals surface area contributed by atoms with Gasteiger partial charge in [-0.2, -0.15) is 0 Å². The van der Waals surface area contributed by atoms with Crippen molar-refractivity contribution < 1.29 is 9.90 Å². The van der Waals surface area contributed by atoms with Crippen LogP contribution in [0.2, 0.25) is 5.02 Å². The predicted octanol–water partition coefficient (Wildman–Crippen LogP) is 3.24. The molecule has 0 aliphatic heterocycles. The van der Waals surface area contributed by atoms with E-state index >= 15 is 0 Å². The molecule has 0 saturated carbocycles. The maximum Gasteiger partial charge on any atom is 0.337 e. The van der Waals surface area contributed by atoms with Gasteiger partial charge in [-0.3, -0.25) is 0 Å². The minimum Gasteiger partial charge on any atom is -0.478 e. The van der Waals surface area contributed by atoms with Crippen LogP contribution < -0.4 is 5.32 Å². The first-order valence-corrected chi connectivity index (χ1v) is 5.62. The first kappa shape index (κ1) is 10.9. The largest absolute Gasteiger partial charge is 0.478 e. The third kappa shape index (κ3) is 2.32. The number of hydrogen-bond donors (Lipinski definition) is 2. The van der Waals surface area contributed by atoms with Crippen LogP contribution in [0.3, 0.4) is 0 Å². The van der Waals surface area contributed by atoms with E-state index in [2.05, 4.69) is 10.3 Å². The molecule has 0 aliphatic rings. The number of carbonyl (C=O) groups is 1. The molecule has 0 saturated heterocycles. The minimum absolute atomic E-state index is 0.166. The first-order valence-electron chi connectivity index (χ1n) is 4.36. The van der Waals surface area contributed by atoms with Crippen molar-refractivity contribution in [3.8, 4) is 0 Å². The van der Waals surface area contributed by atoms with E-state index in [1.54, 1.807) is 17.6 Å². The number of aromatic carboxylic acids is 1. The number of benzene rings is 1. The molecule has 0 spiro atoms. The Morgan fingerprint density at radius 1 is 1.50 bits per heavy atom. The van der Waals surface area contributed by atoms with Crippen LogP contribution in [-0.2, 0) is 0 Å². The Hall–Kier alpha value is -1.59. The van der Waals surface area contributed by atoms with Gasteiger partial charge < -0.3 is 10.4 Å². The zero-order valence-corrected chi connectivity index (χ0v) is 9.55. The Kier molecular flexibility index (Phi) is 3.07. The Morgan fingerprint density at radius 2 is 2.31 bits per heavy atom. The molecule has 2 aromatic rings. The Labute approximate surface area is 101 Å². The highest BCUT2D eigenvalue weighted by Crippen LogP contribution is 2.25. The molecule has 0 unspecified atom stereocenters. The summed E-state index contributed by atoms with van der Waals surface area (Å²) in [6, 6.07) is 4.56. The van der Waals surface area contributed by atoms with Gasteiger partial charge in [0.1, 0.15) is 0 Å². The highest BCUT2D eigenvalue weighted by Gasteiger charge is 2.11. The van der Waals surface area contributed by atoms with Gasteiger partial charge in [0.2, 0.25) is 0 Å². The van der Waals surface area contributed by atoms with Crippen LogP contribution in [0.5, 0.6) is 0 Å². The fourth-order valence-electron chi connectivity index (χ4n) is 1.21. The van der Waals surface area contributed by atoms with Gasteiger partial charge in [0.05, 0.1) is 11.3 Å². The molecule has 1 aromatic heterocycles. The van der Waals surface area contributed by atoms with E-state index in [0.717, 1.165) is 0 Å². The lowest BCUT2D eigenvalue weighted by Crippen LogP contribution is -2.02. The van der Waals surface area contributed by atoms with E-state index in [9.17, 15) is 4.79 Å². The lowest BCUT2D eigenvalue weighted by atomic mass is 10.2. The Balaban J connectivity index is 2.38. The smallest absolute Gasteiger partial charge is 0.337 e. The molecule has 0 atom stereocenters. The van der Waals surface area contributed by atoms with Crippen LogP contribution in [0.1, 0.15) is 10.4 Å². The van der Waals surface area contributed by atoms with Crippen LogP contribution >= 0.6 is 22.9 Å². The zero-order chi connectivity index (χ0) is 11.5. The first-order chi connectivity index (χ1) is 7.66. The predicted molar refractivity (Wildman–Crippen MR) is 63.8 cm³/mol. The molecule has 6 heteroatoms. The lowest BCUT2D eigenvalue weighted by Gasteiger charge is -2.06. The summed E-state index contributed by atoms with van der Waals surface area (Å²) in [6.07, 6.45) is 1.64. The molecule has 82 valence electrons. The van der Waals surface area contributed by atoms with Crippen LogP contribution in [0, 0.1) is 0 Å². The summed E-state index contributed by atoms with van der Waals surface area (Å²) < 4.78 is 0. The van der Waals surface area contributed by atoms with Crippen molar-refractivity contribution in [2.45, 2.75) is 0 Å². The van der Waals surface area contributed by atoms with E-state index < -0.39 is 5.97 Å². The molecule has 2 N–H and O–H groups in total. The monoisotopic (exact) mass is 254 g/mol. The normalized spacial score (nSPS) is 10.1. The molecule has 0 radical (unpaired) electrons. The van der Waals surface area contributed by atoms with E-state index in [0.29, 0.717) is 15.8 Å². The Morgan fingerprint density at radius 3 is 2.94 bits per heavy atom. The topological polar surface area (TPSA) is 62.2 Å². The second-order valence-corrected chi connectivity index (χ2v) is 4.29. The van der Waals surface area contributed by atoms with Gasteiger partial charge >= 0.3 is 5.97 Å². The number of nitrogens with one attached hydrogen (secondary N) is 1. The molecule has 1 heterocycles. The van der Waals surface area contributed by atoms with Gasteiger partial charge in [-0.15, -0.1) is 11.3 Å². The summed E-state index contributed by atoms with van der Waals surface area (Å²) >= 11 is 7.20. The maximum absolute atomic E-state index is 11.0. The van der Waals surface area contributed by atoms with Gasteiger partial charge in [0.15, 0.2) is 5.13 Å². The van der Waals surface area contributed by atoms with Gasteiger partial charge in [0, 0.05) is 16.6 Å². The number of carboxylic acid groups (broad SMARTS) is 1. The number of carboxylic acids is 1. The van der Waals surface area contributed by atoms with Crippen molar-refractivity contribution in [2.75, 3.05) is 5.32 Å². The summed E-state index contributed by atoms with van der Waals surface area (Å²) in [4.78, 5) is 15.0. The second kappa shape index (κ2) is 4.51. The fourth-order valence-corrected chi connectivity index (χ4v) is 1.92. The summed E-state index contributed by atoms with van der Waals surface area (Å²) in [6.45, 7) is 0. The van der Waals surface area contributed by atoms with Crippen molar-refractivity contribution in [2.24, 2.45) is 0 Å². The van der Waals surface area contributed by atoms with E-state index in [1.165, 1.54) is 23.5 Å². The fraction of sp³-hybridized carbons (Fsp3) is 0. The third-order valence-corrected chi connectivity index (χ3v) is 2.81. The quantitative estimate of drug-likeness (QED) is 0.883. The van der Waals surface area contributed by atoms with Crippen molar-refractivity contribution in [1.82, 2.24) is 4.98 Å². The van der Waals surface area contributed by atoms with E-state index in [4.69, 9.17) is 16.7 Å². The zero-order valence-electron chi connectivity index (χ0n) is 7.98. The van der Waals surface area contributed by atoms with E-state index in [1.807, 2.05) is 0 Å². The molecule has 0 bridgehead atoms. The number of rotatable bonds is 3. The second-order valence-electron chi connectivity index (χ2n) is 2.96. The average Bonchev–Trinajstić information content (AvgIpc) is 2.70. The van der Waals surface area contributed by atoms with Gasteiger partial charge in [-0.25, -0.2) is 9.78 Å². The van der Waals surface area contributed by atoms with Crippen LogP contribution in [0.15, 0.2) is 29.8 Å². The summed E-state index contributed by atoms with van der Waals surface area (Å²) in [5.41, 5.74) is 0.606. The van der Waals surface area contributed by atoms with Crippen LogP contribution in [0.4, 0.5) is 10.8 Å². The van der Waals surface area contributed by atoms with E-state index in [-0.39, 0.29) is 5.56 Å². The highest BCUT2D eigenvalue weighted by molar-refractivity contribution is 7.13. The number of thiazole rings is 1. The standard InChI is InChI=1S/C10H7ClN2O2S/c11-6-1-2-7(9(14)15)8(5-6)13-10-12-3-4-16-10/h1-5H,(H,12,13)(H,14,15). The van der Waals surface area contributed by atoms with Gasteiger partial charge in [-0.1, -0.05) is 11.6 Å². The van der Waals surface area contributed by atoms with Crippen molar-refractivity contribution in [3.05, 3.63) is 40.4 Å². The van der Waals surface area contributed by atoms with Crippen molar-refractivity contribution >= 4 is 39.7 Å². The van der Waals surface area contributed by atoms with Gasteiger partial charge in [-0.05, 0) is 18.2 Å². The minimum atomic E-state index is -1.00. The van der Waals surface area contributed by atoms with Crippen molar-refractivity contribution in [1.29, 1.82) is 0 Å². The van der Waals surface area contributed by atoms with Crippen LogP contribution in [-0.4, -0.2) is 16.1 Å². The maximum atomic E-state index is 11.0. The summed E-state index contributed by atoms with van der Waals surface area (Å²) in [7, 11) is 0. The number of nitrogens with zero attached hydrogens (tertiary/aromatic N) is 1. The molecular formula is C10H7ClN2O2S. The number of hydrogen-bond acceptors (Lipinski definition) is 4. The molecule has 16 heavy (non-hydrogen) atoms. The highest BCUT2D eigenvalue weighted by atomic mass is 35.5. The molecule has 2 rings (SSSR count). The van der Waals surface area contributed by atoms with Crippen LogP contribution in [0.25, 0.3) is 0 Å². The molecule has 4 nitrogen and oxygen atoms in total. The lowest BCUT2D eigenvalue weighted by molar-refractivity contribution is 0.0698. The number of aromatic nitrogens is 1. The molecule has 0 aliphatic carbocycles. The molecule has 0 amide bonds. The van der Waals surface area contributed by atoms with Gasteiger partial charge in [0.25, 0.3) is 0 Å².